The minimum Gasteiger partial charge on any atom is -0.456 e. The zero-order valence-electron chi connectivity index (χ0n) is 34.1. The first-order valence-corrected chi connectivity index (χ1v) is 16.2. The molecule has 0 amide bonds. The molecule has 0 aromatic heterocycles. The summed E-state index contributed by atoms with van der Waals surface area (Å²) in [6, 6.07) is 40.2. The molecule has 0 saturated carbocycles. The smallest absolute Gasteiger partial charge is 0.135 e. The topological polar surface area (TPSA) is 9.23 Å². The van der Waals surface area contributed by atoms with Crippen molar-refractivity contribution < 1.29 is 15.7 Å². The van der Waals surface area contributed by atoms with E-state index < -0.39 is 24.2 Å². The summed E-state index contributed by atoms with van der Waals surface area (Å²) in [7, 11) is 0. The van der Waals surface area contributed by atoms with E-state index in [0.29, 0.717) is 22.3 Å². The average Bonchev–Trinajstić information content (AvgIpc) is 3.25. The van der Waals surface area contributed by atoms with Crippen LogP contribution >= 0.6 is 0 Å². The van der Waals surface area contributed by atoms with Gasteiger partial charge in [-0.15, -0.1) is 0 Å². The Bertz CT molecular complexity index is 3100. The average molecular weight is 631 g/mol. The fourth-order valence-electron chi connectivity index (χ4n) is 7.34. The van der Waals surface area contributed by atoms with Crippen LogP contribution in [0.15, 0.2) is 182 Å². The molecule has 1 nitrogen and oxygen atoms in total. The van der Waals surface area contributed by atoms with E-state index in [2.05, 4.69) is 18.2 Å². The molecule has 0 bridgehead atoms. The van der Waals surface area contributed by atoms with Crippen LogP contribution in [0.1, 0.15) is 11.0 Å². The maximum atomic E-state index is 9.34. The third-order valence-electron chi connectivity index (χ3n) is 9.52. The summed E-state index contributed by atoms with van der Waals surface area (Å²) in [4.78, 5) is 0. The Kier molecular flexibility index (Phi) is 4.69. The number of hydrogen-bond acceptors (Lipinski definition) is 1. The van der Waals surface area contributed by atoms with Gasteiger partial charge in [-0.3, -0.25) is 0 Å². The Morgan fingerprint density at radius 1 is 0.347 bits per heavy atom. The zero-order chi connectivity index (χ0) is 39.3. The quantitative estimate of drug-likeness (QED) is 0.176. The molecule has 0 N–H and O–H groups in total. The Morgan fingerprint density at radius 2 is 0.918 bits per heavy atom. The minimum absolute atomic E-state index is 0.184. The van der Waals surface area contributed by atoms with Gasteiger partial charge in [0.05, 0.1) is 11.0 Å². The van der Waals surface area contributed by atoms with E-state index in [1.54, 1.807) is 0 Å². The molecule has 1 heterocycles. The molecular formula is C48H30O. The van der Waals surface area contributed by atoms with Crippen molar-refractivity contribution in [2.45, 2.75) is 0 Å². The Labute approximate surface area is 296 Å². The second kappa shape index (κ2) is 11.1. The molecule has 0 fully saturated rings. The monoisotopic (exact) mass is 630 g/mol. The zero-order valence-corrected chi connectivity index (χ0v) is 26.1. The van der Waals surface area contributed by atoms with E-state index in [1.165, 1.54) is 0 Å². The predicted molar refractivity (Wildman–Crippen MR) is 206 cm³/mol. The molecule has 0 atom stereocenters. The van der Waals surface area contributed by atoms with Gasteiger partial charge < -0.3 is 4.74 Å². The Hall–Kier alpha value is -6.44. The van der Waals surface area contributed by atoms with Crippen molar-refractivity contribution in [1.82, 2.24) is 0 Å². The molecule has 10 rings (SSSR count). The van der Waals surface area contributed by atoms with Crippen molar-refractivity contribution in [3.05, 3.63) is 182 Å². The lowest BCUT2D eigenvalue weighted by Crippen LogP contribution is -1.97. The Morgan fingerprint density at radius 3 is 1.65 bits per heavy atom. The predicted octanol–water partition coefficient (Wildman–Crippen LogP) is 13.6. The number of rotatable bonds is 4. The van der Waals surface area contributed by atoms with Crippen LogP contribution in [-0.4, -0.2) is 0 Å². The van der Waals surface area contributed by atoms with Crippen LogP contribution in [-0.2, 0) is 0 Å². The molecular weight excluding hydrogens is 593 g/mol. The standard InChI is InChI=1S/C48H30O/c1-2-12-31(13-3-1)34-14-10-15-35(30-34)47-42-19-6-4-17-40(42)46(41-18-5-7-20-43(41)47)33-26-24-32(25-27-33)36-28-29-45-48-38(36)21-11-22-39(48)37-16-8-9-23-44(37)49-45/h1-30H/i4D,5D,6D,7D,17D,18D,19D,20D. The maximum Gasteiger partial charge on any atom is 0.135 e. The maximum absolute atomic E-state index is 9.34. The first-order valence-electron chi connectivity index (χ1n) is 20.2. The van der Waals surface area contributed by atoms with Crippen LogP contribution in [0.4, 0.5) is 0 Å². The number of ether oxygens (including phenoxy) is 1. The van der Waals surface area contributed by atoms with Gasteiger partial charge in [0.25, 0.3) is 0 Å². The van der Waals surface area contributed by atoms with Crippen LogP contribution < -0.4 is 4.74 Å². The van der Waals surface area contributed by atoms with E-state index in [-0.39, 0.29) is 45.7 Å². The first kappa shape index (κ1) is 20.7. The van der Waals surface area contributed by atoms with Gasteiger partial charge in [0.2, 0.25) is 0 Å². The van der Waals surface area contributed by atoms with Crippen LogP contribution in [0.2, 0.25) is 0 Å². The largest absolute Gasteiger partial charge is 0.456 e. The number of benzene rings is 9. The highest BCUT2D eigenvalue weighted by molar-refractivity contribution is 6.21. The highest BCUT2D eigenvalue weighted by Crippen LogP contribution is 2.49. The fraction of sp³-hybridized carbons (Fsp3) is 0. The molecule has 1 heteroatoms. The Balaban J connectivity index is 1.26. The van der Waals surface area contributed by atoms with Gasteiger partial charge in [-0.1, -0.05) is 164 Å². The third-order valence-corrected chi connectivity index (χ3v) is 9.52. The molecule has 228 valence electrons. The summed E-state index contributed by atoms with van der Waals surface area (Å²) < 4.78 is 78.8. The highest BCUT2D eigenvalue weighted by Gasteiger charge is 2.22. The SMILES string of the molecule is [2H]c1c([2H])c([2H])c2c(-c3cccc(-c4ccccc4)c3)c3c([2H])c([2H])c([2H])c([2H])c3c(-c3ccc(-c4ccc5c6c(cccc46)-c4ccccc4O5)cc3)c2c1[2H]. The molecule has 0 aliphatic carbocycles. The molecule has 0 spiro atoms. The molecule has 0 unspecified atom stereocenters. The lowest BCUT2D eigenvalue weighted by atomic mass is 9.85. The summed E-state index contributed by atoms with van der Waals surface area (Å²) in [5.74, 6) is 1.58. The molecule has 1 aliphatic rings. The van der Waals surface area contributed by atoms with Gasteiger partial charge >= 0.3 is 0 Å². The normalized spacial score (nSPS) is 14.1. The first-order chi connectivity index (χ1) is 27.6. The summed E-state index contributed by atoms with van der Waals surface area (Å²) in [5.41, 5.74) is 7.51. The molecule has 0 saturated heterocycles. The van der Waals surface area contributed by atoms with Crippen LogP contribution in [0.3, 0.4) is 0 Å². The van der Waals surface area contributed by atoms with Crippen molar-refractivity contribution in [2.75, 3.05) is 0 Å². The minimum atomic E-state index is -0.429. The summed E-state index contributed by atoms with van der Waals surface area (Å²) >= 11 is 0. The number of hydrogen-bond donors (Lipinski definition) is 0. The third kappa shape index (κ3) is 4.40. The molecule has 1 aliphatic heterocycles. The van der Waals surface area contributed by atoms with Gasteiger partial charge in [0, 0.05) is 10.9 Å². The second-order valence-electron chi connectivity index (χ2n) is 12.2. The van der Waals surface area contributed by atoms with Gasteiger partial charge in [0.15, 0.2) is 0 Å². The lowest BCUT2D eigenvalue weighted by molar-refractivity contribution is 0.487. The highest BCUT2D eigenvalue weighted by atomic mass is 16.5. The van der Waals surface area contributed by atoms with Gasteiger partial charge in [-0.2, -0.15) is 0 Å². The molecule has 0 radical (unpaired) electrons. The summed E-state index contributed by atoms with van der Waals surface area (Å²) in [6.45, 7) is 0. The molecule has 49 heavy (non-hydrogen) atoms. The summed E-state index contributed by atoms with van der Waals surface area (Å²) in [6.07, 6.45) is 0. The van der Waals surface area contributed by atoms with Crippen molar-refractivity contribution >= 4 is 32.3 Å². The van der Waals surface area contributed by atoms with Gasteiger partial charge in [-0.25, -0.2) is 0 Å². The van der Waals surface area contributed by atoms with Crippen molar-refractivity contribution in [3.8, 4) is 67.1 Å². The van der Waals surface area contributed by atoms with Crippen LogP contribution in [0.5, 0.6) is 11.5 Å². The van der Waals surface area contributed by atoms with Gasteiger partial charge in [-0.05, 0) is 95.2 Å². The number of fused-ring (bicyclic) bond motifs is 4. The molecule has 9 aromatic carbocycles. The van der Waals surface area contributed by atoms with E-state index in [4.69, 9.17) is 10.2 Å². The van der Waals surface area contributed by atoms with E-state index >= 15 is 0 Å². The van der Waals surface area contributed by atoms with Gasteiger partial charge in [0.1, 0.15) is 11.5 Å². The van der Waals surface area contributed by atoms with Crippen LogP contribution in [0.25, 0.3) is 88.0 Å². The van der Waals surface area contributed by atoms with E-state index in [1.807, 2.05) is 115 Å². The lowest BCUT2D eigenvalue weighted by Gasteiger charge is -2.22. The summed E-state index contributed by atoms with van der Waals surface area (Å²) in [5, 5.41) is 2.76. The van der Waals surface area contributed by atoms with Crippen molar-refractivity contribution in [2.24, 2.45) is 0 Å². The van der Waals surface area contributed by atoms with Crippen molar-refractivity contribution in [3.63, 3.8) is 0 Å². The second-order valence-corrected chi connectivity index (χ2v) is 12.2. The van der Waals surface area contributed by atoms with Crippen LogP contribution in [0, 0.1) is 0 Å². The van der Waals surface area contributed by atoms with Crippen molar-refractivity contribution in [1.29, 1.82) is 0 Å². The molecule has 9 aromatic rings. The fourth-order valence-corrected chi connectivity index (χ4v) is 7.34. The van der Waals surface area contributed by atoms with E-state index in [0.717, 1.165) is 55.7 Å². The van der Waals surface area contributed by atoms with E-state index in [9.17, 15) is 5.48 Å². The number of para-hydroxylation sites is 1.